The molecule has 11 heteroatoms. The standard InChI is InChI=1S/C17H27N7O3S/c18-10-1-3-23(4-2-10)5-6-28-7-11-13(25)14(26)17(27-11)24-9-22-12-15(19)20-8-21-16(12)24/h8-11,13-14,17,25-26H,1-7,18H2,(H2,19,20,21)/t11-,13?,14+,17-/m1/s1. The Morgan fingerprint density at radius 3 is 2.75 bits per heavy atom. The van der Waals surface area contributed by atoms with Gasteiger partial charge in [-0.05, 0) is 25.9 Å². The van der Waals surface area contributed by atoms with Crippen molar-refractivity contribution in [2.24, 2.45) is 5.73 Å². The van der Waals surface area contributed by atoms with Crippen LogP contribution in [0.2, 0.25) is 0 Å². The lowest BCUT2D eigenvalue weighted by Gasteiger charge is -2.29. The number of imidazole rings is 1. The summed E-state index contributed by atoms with van der Waals surface area (Å²) in [6, 6.07) is 0.337. The molecule has 2 aromatic heterocycles. The van der Waals surface area contributed by atoms with Gasteiger partial charge in [0.15, 0.2) is 17.7 Å². The number of hydrogen-bond acceptors (Lipinski definition) is 10. The van der Waals surface area contributed by atoms with E-state index in [0.717, 1.165) is 38.2 Å². The van der Waals surface area contributed by atoms with Gasteiger partial charge < -0.3 is 31.3 Å². The summed E-state index contributed by atoms with van der Waals surface area (Å²) in [4.78, 5) is 14.7. The van der Waals surface area contributed by atoms with Crippen LogP contribution in [0.4, 0.5) is 5.82 Å². The largest absolute Gasteiger partial charge is 0.387 e. The van der Waals surface area contributed by atoms with Crippen molar-refractivity contribution < 1.29 is 14.9 Å². The number of nitrogens with two attached hydrogens (primary N) is 2. The second-order valence-corrected chi connectivity index (χ2v) is 8.53. The second-order valence-electron chi connectivity index (χ2n) is 7.38. The van der Waals surface area contributed by atoms with Crippen LogP contribution in [0.3, 0.4) is 0 Å². The summed E-state index contributed by atoms with van der Waals surface area (Å²) in [5, 5.41) is 20.9. The van der Waals surface area contributed by atoms with Gasteiger partial charge in [0.1, 0.15) is 24.1 Å². The van der Waals surface area contributed by atoms with E-state index in [1.54, 1.807) is 16.3 Å². The van der Waals surface area contributed by atoms with Crippen LogP contribution >= 0.6 is 11.8 Å². The maximum Gasteiger partial charge on any atom is 0.167 e. The number of ether oxygens (including phenoxy) is 1. The van der Waals surface area contributed by atoms with E-state index in [9.17, 15) is 10.2 Å². The van der Waals surface area contributed by atoms with Gasteiger partial charge in [0.25, 0.3) is 0 Å². The average Bonchev–Trinajstić information content (AvgIpc) is 3.24. The highest BCUT2D eigenvalue weighted by Crippen LogP contribution is 2.33. The quantitative estimate of drug-likeness (QED) is 0.446. The molecule has 4 rings (SSSR count). The molecule has 0 spiro atoms. The molecule has 10 nitrogen and oxygen atoms in total. The molecule has 6 N–H and O–H groups in total. The molecule has 0 bridgehead atoms. The Hall–Kier alpha value is -1.50. The summed E-state index contributed by atoms with van der Waals surface area (Å²) in [5.74, 6) is 1.81. The van der Waals surface area contributed by atoms with Crippen LogP contribution < -0.4 is 11.5 Å². The number of nitrogens with zero attached hydrogens (tertiary/aromatic N) is 5. The molecule has 2 aliphatic rings. The van der Waals surface area contributed by atoms with Crippen LogP contribution in [0.15, 0.2) is 12.7 Å². The lowest BCUT2D eigenvalue weighted by molar-refractivity contribution is -0.0289. The fraction of sp³-hybridized carbons (Fsp3) is 0.706. The highest BCUT2D eigenvalue weighted by Gasteiger charge is 2.44. The van der Waals surface area contributed by atoms with E-state index < -0.39 is 24.5 Å². The van der Waals surface area contributed by atoms with Crippen LogP contribution in [0.1, 0.15) is 19.1 Å². The number of hydrogen-bond donors (Lipinski definition) is 4. The first-order chi connectivity index (χ1) is 13.5. The molecule has 28 heavy (non-hydrogen) atoms. The van der Waals surface area contributed by atoms with Crippen molar-refractivity contribution >= 4 is 28.7 Å². The zero-order chi connectivity index (χ0) is 19.7. The van der Waals surface area contributed by atoms with Crippen LogP contribution in [0, 0.1) is 0 Å². The second kappa shape index (κ2) is 8.47. The smallest absolute Gasteiger partial charge is 0.167 e. The summed E-state index contributed by atoms with van der Waals surface area (Å²) in [6.45, 7) is 3.09. The van der Waals surface area contributed by atoms with Gasteiger partial charge in [-0.2, -0.15) is 11.8 Å². The fourth-order valence-electron chi connectivity index (χ4n) is 3.72. The summed E-state index contributed by atoms with van der Waals surface area (Å²) < 4.78 is 7.56. The molecule has 0 saturated carbocycles. The summed E-state index contributed by atoms with van der Waals surface area (Å²) >= 11 is 1.72. The molecule has 1 unspecified atom stereocenters. The molecule has 4 heterocycles. The minimum absolute atomic E-state index is 0.266. The van der Waals surface area contributed by atoms with Crippen molar-refractivity contribution in [1.29, 1.82) is 0 Å². The summed E-state index contributed by atoms with van der Waals surface area (Å²) in [5.41, 5.74) is 12.7. The van der Waals surface area contributed by atoms with Crippen LogP contribution in [0.5, 0.6) is 0 Å². The summed E-state index contributed by atoms with van der Waals surface area (Å²) in [7, 11) is 0. The number of piperidine rings is 1. The van der Waals surface area contributed by atoms with Crippen molar-refractivity contribution in [2.45, 2.75) is 43.4 Å². The molecule has 0 aliphatic carbocycles. The fourth-order valence-corrected chi connectivity index (χ4v) is 4.78. The van der Waals surface area contributed by atoms with Gasteiger partial charge in [0.05, 0.1) is 12.4 Å². The number of aliphatic hydroxyl groups excluding tert-OH is 2. The van der Waals surface area contributed by atoms with Crippen LogP contribution in [0.25, 0.3) is 11.2 Å². The van der Waals surface area contributed by atoms with Gasteiger partial charge in [-0.15, -0.1) is 0 Å². The molecule has 2 fully saturated rings. The predicted molar refractivity (Wildman–Crippen MR) is 107 cm³/mol. The number of anilines is 1. The van der Waals surface area contributed by atoms with E-state index in [2.05, 4.69) is 19.9 Å². The zero-order valence-electron chi connectivity index (χ0n) is 15.6. The Morgan fingerprint density at radius 2 is 1.96 bits per heavy atom. The van der Waals surface area contributed by atoms with E-state index in [0.29, 0.717) is 23.0 Å². The van der Waals surface area contributed by atoms with Gasteiger partial charge in [0, 0.05) is 24.1 Å². The van der Waals surface area contributed by atoms with E-state index in [1.165, 1.54) is 12.7 Å². The topological polar surface area (TPSA) is 149 Å². The monoisotopic (exact) mass is 409 g/mol. The van der Waals surface area contributed by atoms with Gasteiger partial charge in [0.2, 0.25) is 0 Å². The predicted octanol–water partition coefficient (Wildman–Crippen LogP) is -0.816. The number of likely N-dealkylation sites (tertiary alicyclic amines) is 1. The molecule has 0 amide bonds. The highest BCUT2D eigenvalue weighted by atomic mass is 32.2. The molecular weight excluding hydrogens is 382 g/mol. The lowest BCUT2D eigenvalue weighted by atomic mass is 10.1. The van der Waals surface area contributed by atoms with Crippen LogP contribution in [-0.2, 0) is 4.74 Å². The number of rotatable bonds is 6. The van der Waals surface area contributed by atoms with Gasteiger partial charge in [-0.1, -0.05) is 0 Å². The van der Waals surface area contributed by atoms with E-state index in [4.69, 9.17) is 16.2 Å². The van der Waals surface area contributed by atoms with Crippen molar-refractivity contribution in [1.82, 2.24) is 24.4 Å². The Balaban J connectivity index is 1.32. The minimum atomic E-state index is -1.07. The van der Waals surface area contributed by atoms with E-state index >= 15 is 0 Å². The Kier molecular flexibility index (Phi) is 5.99. The SMILES string of the molecule is Nc1ncnc2c1ncn2[C@@H]1O[C@H](CSCCN2CCC(N)CC2)C(O)[C@@H]1O. The third kappa shape index (κ3) is 3.95. The summed E-state index contributed by atoms with van der Waals surface area (Å²) in [6.07, 6.45) is 1.69. The zero-order valence-corrected chi connectivity index (χ0v) is 16.4. The number of aliphatic hydroxyl groups is 2. The van der Waals surface area contributed by atoms with Crippen molar-refractivity contribution in [3.05, 3.63) is 12.7 Å². The molecule has 0 aromatic carbocycles. The van der Waals surface area contributed by atoms with Gasteiger partial charge in [-0.25, -0.2) is 15.0 Å². The Labute approximate surface area is 167 Å². The lowest BCUT2D eigenvalue weighted by Crippen LogP contribution is -2.40. The molecular formula is C17H27N7O3S. The first kappa shape index (κ1) is 19.8. The average molecular weight is 410 g/mol. The van der Waals surface area contributed by atoms with Crippen LogP contribution in [-0.4, -0.2) is 90.1 Å². The normalized spacial score (nSPS) is 29.7. The minimum Gasteiger partial charge on any atom is -0.387 e. The van der Waals surface area contributed by atoms with Gasteiger partial charge in [-0.3, -0.25) is 4.57 Å². The maximum absolute atomic E-state index is 10.5. The van der Waals surface area contributed by atoms with E-state index in [-0.39, 0.29) is 5.82 Å². The van der Waals surface area contributed by atoms with Crippen molar-refractivity contribution in [3.8, 4) is 0 Å². The maximum atomic E-state index is 10.5. The first-order valence-electron chi connectivity index (χ1n) is 9.55. The number of thioether (sulfide) groups is 1. The number of nitrogen functional groups attached to an aromatic ring is 1. The van der Waals surface area contributed by atoms with Gasteiger partial charge >= 0.3 is 0 Å². The number of fused-ring (bicyclic) bond motifs is 1. The number of aromatic nitrogens is 4. The highest BCUT2D eigenvalue weighted by molar-refractivity contribution is 7.99. The van der Waals surface area contributed by atoms with E-state index in [1.807, 2.05) is 0 Å². The Morgan fingerprint density at radius 1 is 1.18 bits per heavy atom. The third-order valence-electron chi connectivity index (χ3n) is 5.46. The Bertz CT molecular complexity index is 798. The van der Waals surface area contributed by atoms with Crippen molar-refractivity contribution in [2.75, 3.05) is 36.9 Å². The third-order valence-corrected chi connectivity index (χ3v) is 6.50. The molecule has 0 radical (unpaired) electrons. The molecule has 4 atom stereocenters. The molecule has 2 saturated heterocycles. The molecule has 2 aliphatic heterocycles. The molecule has 154 valence electrons. The van der Waals surface area contributed by atoms with Crippen molar-refractivity contribution in [3.63, 3.8) is 0 Å². The molecule has 2 aromatic rings. The first-order valence-corrected chi connectivity index (χ1v) is 10.7.